The monoisotopic (exact) mass is 191 g/mol. The number of nitrogens with one attached hydrogen (secondary N) is 1. The maximum Gasteiger partial charge on any atom is 0.0626 e. The van der Waals surface area contributed by atoms with Crippen molar-refractivity contribution in [3.05, 3.63) is 23.8 Å². The molecule has 0 amide bonds. The van der Waals surface area contributed by atoms with Gasteiger partial charge in [0, 0.05) is 26.2 Å². The predicted molar refractivity (Wildman–Crippen MR) is 60.7 cm³/mol. The first-order chi connectivity index (χ1) is 6.72. The van der Waals surface area contributed by atoms with Crippen LogP contribution in [0.4, 0.5) is 11.4 Å². The lowest BCUT2D eigenvalue weighted by molar-refractivity contribution is 0.734. The number of benzene rings is 1. The van der Waals surface area contributed by atoms with E-state index in [0.717, 1.165) is 6.54 Å². The minimum absolute atomic E-state index is 0.486. The SMILES string of the molecule is CC1CN(C)c2cccc(CN)c2N1. The topological polar surface area (TPSA) is 41.3 Å². The molecule has 0 aliphatic carbocycles. The van der Waals surface area contributed by atoms with Crippen LogP contribution < -0.4 is 16.0 Å². The molecule has 1 aliphatic heterocycles. The third kappa shape index (κ3) is 1.44. The third-order valence-electron chi connectivity index (χ3n) is 2.70. The van der Waals surface area contributed by atoms with E-state index in [1.165, 1.54) is 16.9 Å². The van der Waals surface area contributed by atoms with Crippen LogP contribution in [0.15, 0.2) is 18.2 Å². The van der Waals surface area contributed by atoms with Gasteiger partial charge in [-0.2, -0.15) is 0 Å². The van der Waals surface area contributed by atoms with Crippen LogP contribution in [0.25, 0.3) is 0 Å². The van der Waals surface area contributed by atoms with Crippen LogP contribution >= 0.6 is 0 Å². The van der Waals surface area contributed by atoms with Gasteiger partial charge in [-0.1, -0.05) is 12.1 Å². The van der Waals surface area contributed by atoms with Crippen molar-refractivity contribution in [1.29, 1.82) is 0 Å². The van der Waals surface area contributed by atoms with Crippen molar-refractivity contribution in [1.82, 2.24) is 0 Å². The Bertz CT molecular complexity index is 335. The molecule has 0 bridgehead atoms. The first-order valence-corrected chi connectivity index (χ1v) is 5.02. The van der Waals surface area contributed by atoms with E-state index >= 15 is 0 Å². The number of rotatable bonds is 1. The second-order valence-corrected chi connectivity index (χ2v) is 3.94. The Balaban J connectivity index is 2.47. The summed E-state index contributed by atoms with van der Waals surface area (Å²) in [6, 6.07) is 6.76. The fourth-order valence-corrected chi connectivity index (χ4v) is 2.04. The normalized spacial score (nSPS) is 20.2. The highest BCUT2D eigenvalue weighted by molar-refractivity contribution is 5.75. The molecule has 1 aliphatic rings. The van der Waals surface area contributed by atoms with Crippen LogP contribution in [0, 0.1) is 0 Å². The molecule has 0 saturated heterocycles. The fraction of sp³-hybridized carbons (Fsp3) is 0.455. The molecule has 0 fully saturated rings. The average Bonchev–Trinajstić information content (AvgIpc) is 2.17. The van der Waals surface area contributed by atoms with E-state index in [0.29, 0.717) is 12.6 Å². The number of para-hydroxylation sites is 1. The van der Waals surface area contributed by atoms with Crippen LogP contribution in [0.3, 0.4) is 0 Å². The molecule has 1 heterocycles. The van der Waals surface area contributed by atoms with Crippen LogP contribution in [0.5, 0.6) is 0 Å². The quantitative estimate of drug-likeness (QED) is 0.705. The molecule has 2 rings (SSSR count). The van der Waals surface area contributed by atoms with Crippen molar-refractivity contribution < 1.29 is 0 Å². The molecule has 0 radical (unpaired) electrons. The maximum absolute atomic E-state index is 5.71. The van der Waals surface area contributed by atoms with Crippen molar-refractivity contribution >= 4 is 11.4 Å². The zero-order valence-electron chi connectivity index (χ0n) is 8.75. The van der Waals surface area contributed by atoms with E-state index in [2.05, 4.69) is 42.4 Å². The van der Waals surface area contributed by atoms with E-state index < -0.39 is 0 Å². The Hall–Kier alpha value is -1.22. The van der Waals surface area contributed by atoms with E-state index in [9.17, 15) is 0 Å². The summed E-state index contributed by atoms with van der Waals surface area (Å²) in [5, 5.41) is 3.49. The van der Waals surface area contributed by atoms with E-state index in [-0.39, 0.29) is 0 Å². The number of hydrogen-bond acceptors (Lipinski definition) is 3. The molecule has 1 aromatic carbocycles. The molecule has 0 spiro atoms. The van der Waals surface area contributed by atoms with Gasteiger partial charge in [0.15, 0.2) is 0 Å². The lowest BCUT2D eigenvalue weighted by atomic mass is 10.1. The number of likely N-dealkylation sites (N-methyl/N-ethyl adjacent to an activating group) is 1. The van der Waals surface area contributed by atoms with Gasteiger partial charge < -0.3 is 16.0 Å². The largest absolute Gasteiger partial charge is 0.379 e. The molecular formula is C11H17N3. The summed E-state index contributed by atoms with van der Waals surface area (Å²) < 4.78 is 0. The maximum atomic E-state index is 5.71. The smallest absolute Gasteiger partial charge is 0.0626 e. The number of nitrogens with two attached hydrogens (primary N) is 1. The molecule has 3 nitrogen and oxygen atoms in total. The van der Waals surface area contributed by atoms with Crippen molar-refractivity contribution in [3.63, 3.8) is 0 Å². The predicted octanol–water partition coefficient (Wildman–Crippen LogP) is 1.40. The molecule has 1 atom stereocenters. The number of anilines is 2. The van der Waals surface area contributed by atoms with Crippen LogP contribution in [-0.4, -0.2) is 19.6 Å². The number of nitrogens with zero attached hydrogens (tertiary/aromatic N) is 1. The van der Waals surface area contributed by atoms with Gasteiger partial charge in [-0.15, -0.1) is 0 Å². The van der Waals surface area contributed by atoms with Gasteiger partial charge in [-0.05, 0) is 18.6 Å². The molecule has 0 saturated carbocycles. The van der Waals surface area contributed by atoms with Crippen molar-refractivity contribution in [2.75, 3.05) is 23.8 Å². The van der Waals surface area contributed by atoms with Crippen LogP contribution in [-0.2, 0) is 6.54 Å². The summed E-state index contributed by atoms with van der Waals surface area (Å²) in [4.78, 5) is 2.27. The summed E-state index contributed by atoms with van der Waals surface area (Å²) in [7, 11) is 2.12. The summed E-state index contributed by atoms with van der Waals surface area (Å²) in [5.74, 6) is 0. The molecule has 0 aromatic heterocycles. The fourth-order valence-electron chi connectivity index (χ4n) is 2.04. The third-order valence-corrected chi connectivity index (χ3v) is 2.70. The standard InChI is InChI=1S/C11H17N3/c1-8-7-14(2)10-5-3-4-9(6-12)11(10)13-8/h3-5,8,13H,6-7,12H2,1-2H3. The van der Waals surface area contributed by atoms with Gasteiger partial charge >= 0.3 is 0 Å². The Labute approximate surface area is 84.9 Å². The van der Waals surface area contributed by atoms with Gasteiger partial charge in [-0.3, -0.25) is 0 Å². The number of hydrogen-bond donors (Lipinski definition) is 2. The van der Waals surface area contributed by atoms with Crippen molar-refractivity contribution in [2.24, 2.45) is 5.73 Å². The summed E-state index contributed by atoms with van der Waals surface area (Å²) in [5.41, 5.74) is 9.36. The van der Waals surface area contributed by atoms with Gasteiger partial charge in [0.1, 0.15) is 0 Å². The highest BCUT2D eigenvalue weighted by atomic mass is 15.2. The second-order valence-electron chi connectivity index (χ2n) is 3.94. The van der Waals surface area contributed by atoms with Crippen LogP contribution in [0.2, 0.25) is 0 Å². The van der Waals surface area contributed by atoms with Gasteiger partial charge in [0.25, 0.3) is 0 Å². The van der Waals surface area contributed by atoms with Gasteiger partial charge in [0.2, 0.25) is 0 Å². The summed E-state index contributed by atoms with van der Waals surface area (Å²) >= 11 is 0. The number of fused-ring (bicyclic) bond motifs is 1. The molecule has 14 heavy (non-hydrogen) atoms. The van der Waals surface area contributed by atoms with E-state index in [4.69, 9.17) is 5.73 Å². The lowest BCUT2D eigenvalue weighted by Gasteiger charge is -2.34. The molecule has 1 aromatic rings. The summed E-state index contributed by atoms with van der Waals surface area (Å²) in [6.07, 6.45) is 0. The zero-order chi connectivity index (χ0) is 10.1. The molecule has 1 unspecified atom stereocenters. The minimum atomic E-state index is 0.486. The minimum Gasteiger partial charge on any atom is -0.379 e. The molecule has 76 valence electrons. The Morgan fingerprint density at radius 1 is 1.57 bits per heavy atom. The molecular weight excluding hydrogens is 174 g/mol. The van der Waals surface area contributed by atoms with Crippen molar-refractivity contribution in [3.8, 4) is 0 Å². The summed E-state index contributed by atoms with van der Waals surface area (Å²) in [6.45, 7) is 3.82. The highest BCUT2D eigenvalue weighted by Crippen LogP contribution is 2.32. The molecule has 3 heteroatoms. The highest BCUT2D eigenvalue weighted by Gasteiger charge is 2.19. The first-order valence-electron chi connectivity index (χ1n) is 5.02. The van der Waals surface area contributed by atoms with Crippen LogP contribution in [0.1, 0.15) is 12.5 Å². The van der Waals surface area contributed by atoms with Crippen molar-refractivity contribution in [2.45, 2.75) is 19.5 Å². The van der Waals surface area contributed by atoms with Gasteiger partial charge in [0.05, 0.1) is 11.4 Å². The second kappa shape index (κ2) is 3.50. The van der Waals surface area contributed by atoms with E-state index in [1.54, 1.807) is 0 Å². The van der Waals surface area contributed by atoms with E-state index in [1.807, 2.05) is 0 Å². The molecule has 3 N–H and O–H groups in total. The Morgan fingerprint density at radius 2 is 2.36 bits per heavy atom. The first kappa shape index (κ1) is 9.34. The lowest BCUT2D eigenvalue weighted by Crippen LogP contribution is -2.37. The average molecular weight is 191 g/mol. The van der Waals surface area contributed by atoms with Gasteiger partial charge in [-0.25, -0.2) is 0 Å². The zero-order valence-corrected chi connectivity index (χ0v) is 8.75. The Kier molecular flexibility index (Phi) is 2.33. The Morgan fingerprint density at radius 3 is 3.07 bits per heavy atom.